The fourth-order valence-corrected chi connectivity index (χ4v) is 1.97. The zero-order chi connectivity index (χ0) is 12.8. The van der Waals surface area contributed by atoms with Crippen molar-refractivity contribution in [3.05, 3.63) is 28.8 Å². The Morgan fingerprint density at radius 3 is 2.71 bits per heavy atom. The lowest BCUT2D eigenvalue weighted by Gasteiger charge is -2.23. The second-order valence-electron chi connectivity index (χ2n) is 3.93. The lowest BCUT2D eigenvalue weighted by atomic mass is 10.2. The second kappa shape index (κ2) is 6.81. The molecule has 1 atom stereocenters. The summed E-state index contributed by atoms with van der Waals surface area (Å²) in [6, 6.07) is 5.35. The number of methoxy groups -OCH3 is 1. The molecule has 0 fully saturated rings. The molecule has 0 aliphatic rings. The zero-order valence-corrected chi connectivity index (χ0v) is 10.8. The smallest absolute Gasteiger partial charge is 0.0947 e. The molecule has 2 N–H and O–H groups in total. The third kappa shape index (κ3) is 4.16. The van der Waals surface area contributed by atoms with Crippen LogP contribution in [0.1, 0.15) is 5.56 Å². The maximum absolute atomic E-state index is 9.62. The summed E-state index contributed by atoms with van der Waals surface area (Å²) in [6.07, 6.45) is -0.557. The SMILES string of the molecule is COCC(O)CN(C)c1ccc(CO)cc1Cl. The number of hydrogen-bond acceptors (Lipinski definition) is 4. The van der Waals surface area contributed by atoms with E-state index in [1.165, 1.54) is 0 Å². The highest BCUT2D eigenvalue weighted by atomic mass is 35.5. The summed E-state index contributed by atoms with van der Waals surface area (Å²) in [5.74, 6) is 0. The standard InChI is InChI=1S/C12H18ClNO3/c1-14(6-10(16)8-17-2)12-4-3-9(7-15)5-11(12)13/h3-5,10,15-16H,6-8H2,1-2H3. The number of benzene rings is 1. The summed E-state index contributed by atoms with van der Waals surface area (Å²) in [5, 5.41) is 19.2. The van der Waals surface area contributed by atoms with E-state index >= 15 is 0 Å². The van der Waals surface area contributed by atoms with Crippen LogP contribution in [0.2, 0.25) is 5.02 Å². The van der Waals surface area contributed by atoms with Gasteiger partial charge in [-0.2, -0.15) is 0 Å². The Morgan fingerprint density at radius 1 is 1.47 bits per heavy atom. The maximum atomic E-state index is 9.62. The topological polar surface area (TPSA) is 52.9 Å². The van der Waals surface area contributed by atoms with E-state index in [-0.39, 0.29) is 13.2 Å². The molecule has 0 saturated heterocycles. The Hall–Kier alpha value is -0.810. The van der Waals surface area contributed by atoms with Crippen molar-refractivity contribution in [3.8, 4) is 0 Å². The molecule has 96 valence electrons. The average Bonchev–Trinajstić information content (AvgIpc) is 2.28. The lowest BCUT2D eigenvalue weighted by Crippen LogP contribution is -2.32. The van der Waals surface area contributed by atoms with Gasteiger partial charge in [-0.15, -0.1) is 0 Å². The van der Waals surface area contributed by atoms with Gasteiger partial charge in [-0.1, -0.05) is 17.7 Å². The predicted molar refractivity (Wildman–Crippen MR) is 68.5 cm³/mol. The molecule has 1 unspecified atom stereocenters. The second-order valence-corrected chi connectivity index (χ2v) is 4.34. The summed E-state index contributed by atoms with van der Waals surface area (Å²) in [6.45, 7) is 0.693. The summed E-state index contributed by atoms with van der Waals surface area (Å²) in [4.78, 5) is 1.85. The number of ether oxygens (including phenoxy) is 1. The summed E-state index contributed by atoms with van der Waals surface area (Å²) in [7, 11) is 3.39. The Balaban J connectivity index is 2.71. The van der Waals surface area contributed by atoms with Gasteiger partial charge in [-0.3, -0.25) is 0 Å². The van der Waals surface area contributed by atoms with Gasteiger partial charge in [0.2, 0.25) is 0 Å². The number of rotatable bonds is 6. The molecular weight excluding hydrogens is 242 g/mol. The van der Waals surface area contributed by atoms with Crippen LogP contribution in [-0.2, 0) is 11.3 Å². The highest BCUT2D eigenvalue weighted by Crippen LogP contribution is 2.26. The van der Waals surface area contributed by atoms with E-state index in [0.29, 0.717) is 11.6 Å². The molecule has 1 aromatic rings. The first-order valence-electron chi connectivity index (χ1n) is 5.36. The largest absolute Gasteiger partial charge is 0.392 e. The number of likely N-dealkylation sites (N-methyl/N-ethyl adjacent to an activating group) is 1. The van der Waals surface area contributed by atoms with E-state index in [0.717, 1.165) is 11.3 Å². The number of aliphatic hydroxyl groups is 2. The van der Waals surface area contributed by atoms with E-state index in [9.17, 15) is 5.11 Å². The Kier molecular flexibility index (Phi) is 5.71. The minimum atomic E-state index is -0.557. The van der Waals surface area contributed by atoms with Gasteiger partial charge in [0.25, 0.3) is 0 Å². The van der Waals surface area contributed by atoms with E-state index in [4.69, 9.17) is 21.4 Å². The fourth-order valence-electron chi connectivity index (χ4n) is 1.62. The van der Waals surface area contributed by atoms with Gasteiger partial charge in [0.05, 0.1) is 30.0 Å². The highest BCUT2D eigenvalue weighted by Gasteiger charge is 2.11. The first-order chi connectivity index (χ1) is 8.08. The number of nitrogens with zero attached hydrogens (tertiary/aromatic N) is 1. The van der Waals surface area contributed by atoms with Gasteiger partial charge >= 0.3 is 0 Å². The van der Waals surface area contributed by atoms with Crippen LogP contribution in [0.5, 0.6) is 0 Å². The molecule has 0 heterocycles. The van der Waals surface area contributed by atoms with Crippen LogP contribution in [-0.4, -0.2) is 43.6 Å². The number of hydrogen-bond donors (Lipinski definition) is 2. The average molecular weight is 260 g/mol. The molecule has 0 bridgehead atoms. The zero-order valence-electron chi connectivity index (χ0n) is 10.1. The minimum Gasteiger partial charge on any atom is -0.392 e. The van der Waals surface area contributed by atoms with Crippen molar-refractivity contribution in [2.75, 3.05) is 32.2 Å². The molecular formula is C12H18ClNO3. The molecule has 0 radical (unpaired) electrons. The molecule has 0 aromatic heterocycles. The monoisotopic (exact) mass is 259 g/mol. The Morgan fingerprint density at radius 2 is 2.18 bits per heavy atom. The van der Waals surface area contributed by atoms with Gasteiger partial charge in [-0.05, 0) is 17.7 Å². The molecule has 0 spiro atoms. The lowest BCUT2D eigenvalue weighted by molar-refractivity contribution is 0.0695. The molecule has 0 saturated carbocycles. The Labute approximate surface area is 106 Å². The third-order valence-corrected chi connectivity index (χ3v) is 2.75. The summed E-state index contributed by atoms with van der Waals surface area (Å²) >= 11 is 6.10. The van der Waals surface area contributed by atoms with Crippen molar-refractivity contribution in [1.29, 1.82) is 0 Å². The van der Waals surface area contributed by atoms with Gasteiger partial charge in [0.15, 0.2) is 0 Å². The fraction of sp³-hybridized carbons (Fsp3) is 0.500. The van der Waals surface area contributed by atoms with Crippen LogP contribution in [0.4, 0.5) is 5.69 Å². The Bertz CT molecular complexity index is 360. The van der Waals surface area contributed by atoms with E-state index in [2.05, 4.69) is 0 Å². The normalized spacial score (nSPS) is 12.5. The maximum Gasteiger partial charge on any atom is 0.0947 e. The van der Waals surface area contributed by atoms with Gasteiger partial charge in [0, 0.05) is 20.7 Å². The minimum absolute atomic E-state index is 0.0317. The van der Waals surface area contributed by atoms with Crippen LogP contribution in [0.3, 0.4) is 0 Å². The van der Waals surface area contributed by atoms with E-state index in [1.54, 1.807) is 19.2 Å². The highest BCUT2D eigenvalue weighted by molar-refractivity contribution is 6.33. The number of halogens is 1. The molecule has 0 aliphatic carbocycles. The number of aliphatic hydroxyl groups excluding tert-OH is 2. The van der Waals surface area contributed by atoms with Gasteiger partial charge < -0.3 is 19.8 Å². The number of anilines is 1. The third-order valence-electron chi connectivity index (χ3n) is 2.45. The van der Waals surface area contributed by atoms with E-state index in [1.807, 2.05) is 18.0 Å². The van der Waals surface area contributed by atoms with Crippen molar-refractivity contribution in [1.82, 2.24) is 0 Å². The molecule has 5 heteroatoms. The van der Waals surface area contributed by atoms with Crippen molar-refractivity contribution in [3.63, 3.8) is 0 Å². The molecule has 17 heavy (non-hydrogen) atoms. The molecule has 0 aliphatic heterocycles. The van der Waals surface area contributed by atoms with Gasteiger partial charge in [0.1, 0.15) is 0 Å². The van der Waals surface area contributed by atoms with Crippen LogP contribution >= 0.6 is 11.6 Å². The first-order valence-corrected chi connectivity index (χ1v) is 5.73. The predicted octanol–water partition coefficient (Wildman–Crippen LogP) is 1.28. The van der Waals surface area contributed by atoms with Crippen molar-refractivity contribution >= 4 is 17.3 Å². The van der Waals surface area contributed by atoms with Crippen molar-refractivity contribution in [2.45, 2.75) is 12.7 Å². The van der Waals surface area contributed by atoms with Crippen LogP contribution in [0.15, 0.2) is 18.2 Å². The molecule has 4 nitrogen and oxygen atoms in total. The summed E-state index contributed by atoms with van der Waals surface area (Å²) in [5.41, 5.74) is 1.59. The van der Waals surface area contributed by atoms with Crippen LogP contribution < -0.4 is 4.90 Å². The quantitative estimate of drug-likeness (QED) is 0.808. The van der Waals surface area contributed by atoms with Crippen LogP contribution in [0.25, 0.3) is 0 Å². The van der Waals surface area contributed by atoms with Crippen molar-refractivity contribution in [2.24, 2.45) is 0 Å². The van der Waals surface area contributed by atoms with Gasteiger partial charge in [-0.25, -0.2) is 0 Å². The summed E-state index contributed by atoms with van der Waals surface area (Å²) < 4.78 is 4.86. The van der Waals surface area contributed by atoms with Crippen LogP contribution in [0, 0.1) is 0 Å². The molecule has 1 rings (SSSR count). The first kappa shape index (κ1) is 14.3. The molecule has 1 aromatic carbocycles. The van der Waals surface area contributed by atoms with E-state index < -0.39 is 6.10 Å². The molecule has 0 amide bonds. The van der Waals surface area contributed by atoms with Crippen molar-refractivity contribution < 1.29 is 14.9 Å².